The number of carbonyl (C=O) groups excluding carboxylic acids is 1. The van der Waals surface area contributed by atoms with E-state index in [9.17, 15) is 9.59 Å². The standard InChI is InChI=1S/C11H19NO4/c1-2-16-6-5-10(13)12-9-4-3-8(7-9)11(14)15/h8-9H,2-7H2,1H3,(H,12,13)(H,14,15). The number of hydrogen-bond donors (Lipinski definition) is 2. The number of carboxylic acids is 1. The van der Waals surface area contributed by atoms with Gasteiger partial charge in [-0.25, -0.2) is 0 Å². The fraction of sp³-hybridized carbons (Fsp3) is 0.818. The van der Waals surface area contributed by atoms with E-state index >= 15 is 0 Å². The van der Waals surface area contributed by atoms with Crippen molar-refractivity contribution in [3.05, 3.63) is 0 Å². The van der Waals surface area contributed by atoms with Gasteiger partial charge in [-0.05, 0) is 26.2 Å². The lowest BCUT2D eigenvalue weighted by Gasteiger charge is -2.12. The minimum absolute atomic E-state index is 0.0234. The molecule has 0 aliphatic heterocycles. The summed E-state index contributed by atoms with van der Waals surface area (Å²) in [5.41, 5.74) is 0. The van der Waals surface area contributed by atoms with Gasteiger partial charge in [-0.3, -0.25) is 9.59 Å². The summed E-state index contributed by atoms with van der Waals surface area (Å²) in [6.07, 6.45) is 2.32. The van der Waals surface area contributed by atoms with Crippen molar-refractivity contribution in [2.24, 2.45) is 5.92 Å². The second-order valence-electron chi connectivity index (χ2n) is 4.06. The Bertz CT molecular complexity index is 254. The first-order valence-electron chi connectivity index (χ1n) is 5.73. The number of hydrogen-bond acceptors (Lipinski definition) is 3. The van der Waals surface area contributed by atoms with Crippen LogP contribution >= 0.6 is 0 Å². The first-order chi connectivity index (χ1) is 7.63. The SMILES string of the molecule is CCOCCC(=O)NC1CCC(C(=O)O)C1. The van der Waals surface area contributed by atoms with E-state index in [1.807, 2.05) is 6.92 Å². The Labute approximate surface area is 95.2 Å². The van der Waals surface area contributed by atoms with Crippen molar-refractivity contribution in [2.75, 3.05) is 13.2 Å². The first kappa shape index (κ1) is 13.0. The molecule has 0 saturated heterocycles. The molecule has 1 fully saturated rings. The zero-order valence-corrected chi connectivity index (χ0v) is 9.57. The third-order valence-corrected chi connectivity index (χ3v) is 2.82. The van der Waals surface area contributed by atoms with Crippen molar-refractivity contribution in [1.82, 2.24) is 5.32 Å². The molecule has 0 radical (unpaired) electrons. The average molecular weight is 229 g/mol. The monoisotopic (exact) mass is 229 g/mol. The lowest BCUT2D eigenvalue weighted by molar-refractivity contribution is -0.141. The second kappa shape index (κ2) is 6.48. The van der Waals surface area contributed by atoms with Crippen LogP contribution in [0, 0.1) is 5.92 Å². The summed E-state index contributed by atoms with van der Waals surface area (Å²) in [6, 6.07) is 0.0234. The van der Waals surface area contributed by atoms with Crippen LogP contribution in [-0.4, -0.2) is 36.2 Å². The predicted octanol–water partition coefficient (Wildman–Crippen LogP) is 0.782. The molecular weight excluding hydrogens is 210 g/mol. The highest BCUT2D eigenvalue weighted by molar-refractivity contribution is 5.76. The molecule has 5 nitrogen and oxygen atoms in total. The molecule has 0 aromatic rings. The van der Waals surface area contributed by atoms with Gasteiger partial charge in [-0.2, -0.15) is 0 Å². The maximum atomic E-state index is 11.4. The number of rotatable bonds is 6. The van der Waals surface area contributed by atoms with E-state index in [4.69, 9.17) is 9.84 Å². The third-order valence-electron chi connectivity index (χ3n) is 2.82. The van der Waals surface area contributed by atoms with E-state index in [-0.39, 0.29) is 17.9 Å². The van der Waals surface area contributed by atoms with Gasteiger partial charge in [0.15, 0.2) is 0 Å². The Morgan fingerprint density at radius 2 is 2.19 bits per heavy atom. The maximum Gasteiger partial charge on any atom is 0.306 e. The van der Waals surface area contributed by atoms with Crippen molar-refractivity contribution >= 4 is 11.9 Å². The number of amides is 1. The number of carbonyl (C=O) groups is 2. The molecule has 1 aliphatic rings. The van der Waals surface area contributed by atoms with Crippen LogP contribution in [0.1, 0.15) is 32.6 Å². The fourth-order valence-electron chi connectivity index (χ4n) is 1.95. The van der Waals surface area contributed by atoms with Crippen LogP contribution in [0.2, 0.25) is 0 Å². The van der Waals surface area contributed by atoms with Gasteiger partial charge >= 0.3 is 5.97 Å². The summed E-state index contributed by atoms with van der Waals surface area (Å²) in [6.45, 7) is 2.92. The molecule has 1 saturated carbocycles. The maximum absolute atomic E-state index is 11.4. The van der Waals surface area contributed by atoms with Crippen molar-refractivity contribution < 1.29 is 19.4 Å². The van der Waals surface area contributed by atoms with Crippen LogP contribution in [0.3, 0.4) is 0 Å². The Kier molecular flexibility index (Phi) is 5.25. The minimum Gasteiger partial charge on any atom is -0.481 e. The van der Waals surface area contributed by atoms with E-state index < -0.39 is 5.97 Å². The van der Waals surface area contributed by atoms with Crippen LogP contribution in [0.4, 0.5) is 0 Å². The highest BCUT2D eigenvalue weighted by atomic mass is 16.5. The topological polar surface area (TPSA) is 75.6 Å². The van der Waals surface area contributed by atoms with Crippen LogP contribution in [0.25, 0.3) is 0 Å². The third kappa shape index (κ3) is 4.18. The van der Waals surface area contributed by atoms with Crippen LogP contribution in [-0.2, 0) is 14.3 Å². The van der Waals surface area contributed by atoms with Gasteiger partial charge in [0.2, 0.25) is 5.91 Å². The fourth-order valence-corrected chi connectivity index (χ4v) is 1.95. The van der Waals surface area contributed by atoms with Gasteiger partial charge in [0.25, 0.3) is 0 Å². The lowest BCUT2D eigenvalue weighted by atomic mass is 10.1. The van der Waals surface area contributed by atoms with Gasteiger partial charge < -0.3 is 15.2 Å². The highest BCUT2D eigenvalue weighted by Gasteiger charge is 2.30. The summed E-state index contributed by atoms with van der Waals surface area (Å²) in [4.78, 5) is 22.1. The molecule has 92 valence electrons. The van der Waals surface area contributed by atoms with E-state index in [1.165, 1.54) is 0 Å². The van der Waals surface area contributed by atoms with Gasteiger partial charge in [0.1, 0.15) is 0 Å². The lowest BCUT2D eigenvalue weighted by Crippen LogP contribution is -2.33. The van der Waals surface area contributed by atoms with E-state index in [1.54, 1.807) is 0 Å². The van der Waals surface area contributed by atoms with Gasteiger partial charge in [0.05, 0.1) is 12.5 Å². The average Bonchev–Trinajstić information content (AvgIpc) is 2.66. The zero-order chi connectivity index (χ0) is 12.0. The van der Waals surface area contributed by atoms with Crippen LogP contribution < -0.4 is 5.32 Å². The molecule has 0 heterocycles. The highest BCUT2D eigenvalue weighted by Crippen LogP contribution is 2.25. The number of nitrogens with one attached hydrogen (secondary N) is 1. The number of aliphatic carboxylic acids is 1. The summed E-state index contributed by atoms with van der Waals surface area (Å²) in [5, 5.41) is 11.6. The van der Waals surface area contributed by atoms with Crippen molar-refractivity contribution in [2.45, 2.75) is 38.6 Å². The van der Waals surface area contributed by atoms with Crippen LogP contribution in [0.5, 0.6) is 0 Å². The molecule has 1 rings (SSSR count). The smallest absolute Gasteiger partial charge is 0.306 e. The number of carboxylic acid groups (broad SMARTS) is 1. The Hall–Kier alpha value is -1.10. The van der Waals surface area contributed by atoms with Gasteiger partial charge in [-0.1, -0.05) is 0 Å². The molecule has 1 amide bonds. The van der Waals surface area contributed by atoms with E-state index in [0.29, 0.717) is 32.5 Å². The summed E-state index contributed by atoms with van der Waals surface area (Å²) in [5.74, 6) is -1.10. The molecule has 1 aliphatic carbocycles. The normalized spacial score (nSPS) is 24.3. The molecule has 2 unspecified atom stereocenters. The second-order valence-corrected chi connectivity index (χ2v) is 4.06. The molecular formula is C11H19NO4. The summed E-state index contributed by atoms with van der Waals surface area (Å²) in [7, 11) is 0. The minimum atomic E-state index is -0.758. The Morgan fingerprint density at radius 3 is 2.75 bits per heavy atom. The van der Waals surface area contributed by atoms with Gasteiger partial charge in [0, 0.05) is 19.1 Å². The van der Waals surface area contributed by atoms with E-state index in [0.717, 1.165) is 6.42 Å². The van der Waals surface area contributed by atoms with Gasteiger partial charge in [-0.15, -0.1) is 0 Å². The Morgan fingerprint density at radius 1 is 1.44 bits per heavy atom. The molecule has 16 heavy (non-hydrogen) atoms. The first-order valence-corrected chi connectivity index (χ1v) is 5.73. The van der Waals surface area contributed by atoms with Crippen molar-refractivity contribution in [3.63, 3.8) is 0 Å². The predicted molar refractivity (Wildman–Crippen MR) is 58.0 cm³/mol. The largest absolute Gasteiger partial charge is 0.481 e. The summed E-state index contributed by atoms with van der Waals surface area (Å²) >= 11 is 0. The molecule has 5 heteroatoms. The molecule has 0 aromatic carbocycles. The van der Waals surface area contributed by atoms with E-state index in [2.05, 4.69) is 5.32 Å². The molecule has 2 N–H and O–H groups in total. The summed E-state index contributed by atoms with van der Waals surface area (Å²) < 4.78 is 5.07. The molecule has 0 bridgehead atoms. The van der Waals surface area contributed by atoms with Crippen molar-refractivity contribution in [3.8, 4) is 0 Å². The molecule has 0 aromatic heterocycles. The quantitative estimate of drug-likeness (QED) is 0.660. The van der Waals surface area contributed by atoms with Crippen LogP contribution in [0.15, 0.2) is 0 Å². The Balaban J connectivity index is 2.18. The number of ether oxygens (including phenoxy) is 1. The molecule has 2 atom stereocenters. The zero-order valence-electron chi connectivity index (χ0n) is 9.57. The molecule has 0 spiro atoms. The van der Waals surface area contributed by atoms with Crippen molar-refractivity contribution in [1.29, 1.82) is 0 Å².